The molecule has 1 rings (SSSR count). The van der Waals surface area contributed by atoms with E-state index >= 15 is 0 Å². The van der Waals surface area contributed by atoms with E-state index in [-0.39, 0.29) is 6.61 Å². The van der Waals surface area contributed by atoms with Gasteiger partial charge in [0.2, 0.25) is 0 Å². The zero-order valence-electron chi connectivity index (χ0n) is 8.61. The summed E-state index contributed by atoms with van der Waals surface area (Å²) in [4.78, 5) is 9.03. The van der Waals surface area contributed by atoms with Crippen LogP contribution in [0.3, 0.4) is 0 Å². The highest BCUT2D eigenvalue weighted by atomic mass is 35.5. The van der Waals surface area contributed by atoms with Crippen LogP contribution >= 0.6 is 11.6 Å². The van der Waals surface area contributed by atoms with Gasteiger partial charge in [-0.1, -0.05) is 18.5 Å². The van der Waals surface area contributed by atoms with Gasteiger partial charge in [0, 0.05) is 12.7 Å². The Morgan fingerprint density at radius 2 is 2.40 bits per heavy atom. The Morgan fingerprint density at radius 3 is 3.00 bits per heavy atom. The fourth-order valence-corrected chi connectivity index (χ4v) is 1.09. The summed E-state index contributed by atoms with van der Waals surface area (Å²) in [6, 6.07) is 3.36. The van der Waals surface area contributed by atoms with Crippen LogP contribution in [0.25, 0.3) is 0 Å². The average molecular weight is 231 g/mol. The van der Waals surface area contributed by atoms with Crippen molar-refractivity contribution >= 4 is 11.6 Å². The quantitative estimate of drug-likeness (QED) is 0.577. The van der Waals surface area contributed by atoms with Crippen molar-refractivity contribution in [3.63, 3.8) is 0 Å². The first-order valence-corrected chi connectivity index (χ1v) is 5.26. The maximum atomic E-state index is 9.64. The monoisotopic (exact) mass is 230 g/mol. The van der Waals surface area contributed by atoms with Gasteiger partial charge in [-0.2, -0.15) is 0 Å². The smallest absolute Gasteiger partial charge is 0.121 e. The molecule has 1 atom stereocenters. The number of nitrogens with one attached hydrogen (secondary N) is 1. The summed E-state index contributed by atoms with van der Waals surface area (Å²) in [5.41, 5.74) is 3.29. The van der Waals surface area contributed by atoms with Crippen molar-refractivity contribution in [2.45, 2.75) is 19.4 Å². The Morgan fingerprint density at radius 1 is 1.60 bits per heavy atom. The van der Waals surface area contributed by atoms with Crippen LogP contribution in [0.15, 0.2) is 18.3 Å². The molecule has 1 aromatic rings. The third-order valence-corrected chi connectivity index (χ3v) is 2.01. The average Bonchev–Trinajstić information content (AvgIpc) is 2.25. The lowest BCUT2D eigenvalue weighted by Gasteiger charge is -2.10. The Hall–Kier alpha value is -0.680. The Bertz CT molecular complexity index is 279. The second-order valence-corrected chi connectivity index (χ2v) is 3.56. The molecule has 0 fully saturated rings. The number of rotatable bonds is 6. The van der Waals surface area contributed by atoms with Gasteiger partial charge in [0.25, 0.3) is 0 Å². The van der Waals surface area contributed by atoms with Crippen molar-refractivity contribution in [2.24, 2.45) is 0 Å². The largest absolute Gasteiger partial charge is 0.384 e. The standard InChI is InChI=1S/C10H15ClN2O2/c1-2-5-13-15-7-10(14)9-4-3-8(11)6-12-9/h3-4,6,10,13-14H,2,5,7H2,1H3. The molecule has 0 amide bonds. The van der Waals surface area contributed by atoms with Crippen LogP contribution in [-0.4, -0.2) is 23.2 Å². The molecule has 4 nitrogen and oxygen atoms in total. The minimum absolute atomic E-state index is 0.175. The van der Waals surface area contributed by atoms with E-state index < -0.39 is 6.10 Å². The molecule has 1 heterocycles. The molecule has 0 aliphatic carbocycles. The normalized spacial score (nSPS) is 12.7. The van der Waals surface area contributed by atoms with E-state index in [2.05, 4.69) is 10.5 Å². The zero-order chi connectivity index (χ0) is 11.1. The van der Waals surface area contributed by atoms with Crippen LogP contribution in [0, 0.1) is 0 Å². The van der Waals surface area contributed by atoms with Crippen LogP contribution in [-0.2, 0) is 4.84 Å². The number of aliphatic hydroxyl groups excluding tert-OH is 1. The number of pyridine rings is 1. The second-order valence-electron chi connectivity index (χ2n) is 3.12. The van der Waals surface area contributed by atoms with Crippen molar-refractivity contribution in [1.29, 1.82) is 0 Å². The predicted molar refractivity (Wildman–Crippen MR) is 58.5 cm³/mol. The van der Waals surface area contributed by atoms with E-state index in [1.807, 2.05) is 6.92 Å². The maximum Gasteiger partial charge on any atom is 0.121 e. The summed E-state index contributed by atoms with van der Waals surface area (Å²) in [5.74, 6) is 0. The molecular formula is C10H15ClN2O2. The first-order valence-electron chi connectivity index (χ1n) is 4.88. The number of nitrogens with zero attached hydrogens (tertiary/aromatic N) is 1. The number of halogens is 1. The summed E-state index contributed by atoms with van der Waals surface area (Å²) in [6.45, 7) is 2.98. The van der Waals surface area contributed by atoms with Gasteiger partial charge in [0.05, 0.1) is 17.3 Å². The summed E-state index contributed by atoms with van der Waals surface area (Å²) in [6.07, 6.45) is 1.75. The van der Waals surface area contributed by atoms with E-state index in [4.69, 9.17) is 16.4 Å². The van der Waals surface area contributed by atoms with E-state index in [0.717, 1.165) is 13.0 Å². The summed E-state index contributed by atoms with van der Waals surface area (Å²) < 4.78 is 0. The van der Waals surface area contributed by atoms with E-state index in [1.165, 1.54) is 6.20 Å². The molecule has 84 valence electrons. The van der Waals surface area contributed by atoms with Gasteiger partial charge in [0.15, 0.2) is 0 Å². The van der Waals surface area contributed by atoms with Crippen molar-refractivity contribution in [2.75, 3.05) is 13.2 Å². The van der Waals surface area contributed by atoms with Gasteiger partial charge in [-0.15, -0.1) is 0 Å². The Balaban J connectivity index is 2.33. The van der Waals surface area contributed by atoms with Crippen molar-refractivity contribution in [3.05, 3.63) is 29.0 Å². The Labute approximate surface area is 94.2 Å². The zero-order valence-corrected chi connectivity index (χ0v) is 9.37. The van der Waals surface area contributed by atoms with Gasteiger partial charge in [-0.3, -0.25) is 9.82 Å². The number of aliphatic hydroxyl groups is 1. The van der Waals surface area contributed by atoms with Crippen LogP contribution in [0.1, 0.15) is 25.1 Å². The molecule has 0 aliphatic rings. The number of hydroxylamine groups is 1. The molecule has 15 heavy (non-hydrogen) atoms. The second kappa shape index (κ2) is 6.74. The summed E-state index contributed by atoms with van der Waals surface area (Å²) >= 11 is 5.67. The third-order valence-electron chi connectivity index (χ3n) is 1.79. The fraction of sp³-hybridized carbons (Fsp3) is 0.500. The molecular weight excluding hydrogens is 216 g/mol. The lowest BCUT2D eigenvalue weighted by molar-refractivity contribution is -0.0213. The van der Waals surface area contributed by atoms with Gasteiger partial charge < -0.3 is 5.11 Å². The molecule has 5 heteroatoms. The van der Waals surface area contributed by atoms with Crippen molar-refractivity contribution < 1.29 is 9.94 Å². The highest BCUT2D eigenvalue weighted by Gasteiger charge is 2.08. The van der Waals surface area contributed by atoms with Gasteiger partial charge in [0.1, 0.15) is 6.10 Å². The number of aromatic nitrogens is 1. The minimum Gasteiger partial charge on any atom is -0.384 e. The first-order chi connectivity index (χ1) is 7.24. The highest BCUT2D eigenvalue weighted by Crippen LogP contribution is 2.12. The van der Waals surface area contributed by atoms with Gasteiger partial charge >= 0.3 is 0 Å². The van der Waals surface area contributed by atoms with Crippen molar-refractivity contribution in [1.82, 2.24) is 10.5 Å². The van der Waals surface area contributed by atoms with Crippen LogP contribution in [0.2, 0.25) is 5.02 Å². The third kappa shape index (κ3) is 4.57. The van der Waals surface area contributed by atoms with E-state index in [0.29, 0.717) is 10.7 Å². The summed E-state index contributed by atoms with van der Waals surface area (Å²) in [7, 11) is 0. The fourth-order valence-electron chi connectivity index (χ4n) is 0.982. The Kier molecular flexibility index (Phi) is 5.57. The molecule has 0 bridgehead atoms. The number of hydrogen-bond donors (Lipinski definition) is 2. The molecule has 0 saturated heterocycles. The van der Waals surface area contributed by atoms with Gasteiger partial charge in [-0.25, -0.2) is 5.48 Å². The van der Waals surface area contributed by atoms with Crippen molar-refractivity contribution in [3.8, 4) is 0 Å². The molecule has 0 radical (unpaired) electrons. The highest BCUT2D eigenvalue weighted by molar-refractivity contribution is 6.30. The summed E-state index contributed by atoms with van der Waals surface area (Å²) in [5, 5.41) is 10.2. The molecule has 0 aromatic carbocycles. The topological polar surface area (TPSA) is 54.4 Å². The van der Waals surface area contributed by atoms with E-state index in [1.54, 1.807) is 12.1 Å². The lowest BCUT2D eigenvalue weighted by atomic mass is 10.2. The minimum atomic E-state index is -0.730. The SMILES string of the molecule is CCCNOCC(O)c1ccc(Cl)cn1. The lowest BCUT2D eigenvalue weighted by Crippen LogP contribution is -2.20. The van der Waals surface area contributed by atoms with Crippen LogP contribution in [0.5, 0.6) is 0 Å². The van der Waals surface area contributed by atoms with Crippen LogP contribution < -0.4 is 5.48 Å². The molecule has 0 saturated carbocycles. The van der Waals surface area contributed by atoms with Gasteiger partial charge in [-0.05, 0) is 18.6 Å². The van der Waals surface area contributed by atoms with Crippen LogP contribution in [0.4, 0.5) is 0 Å². The predicted octanol–water partition coefficient (Wildman–Crippen LogP) is 1.70. The molecule has 2 N–H and O–H groups in total. The number of hydrogen-bond acceptors (Lipinski definition) is 4. The molecule has 0 spiro atoms. The maximum absolute atomic E-state index is 9.64. The molecule has 0 aliphatic heterocycles. The first kappa shape index (κ1) is 12.4. The molecule has 1 aromatic heterocycles. The molecule has 1 unspecified atom stereocenters. The van der Waals surface area contributed by atoms with E-state index in [9.17, 15) is 5.11 Å².